The Labute approximate surface area is 154 Å². The molecule has 1 aliphatic carbocycles. The van der Waals surface area contributed by atoms with Crippen molar-refractivity contribution in [2.24, 2.45) is 4.99 Å². The van der Waals surface area contributed by atoms with Crippen molar-refractivity contribution in [2.75, 3.05) is 14.2 Å². The van der Waals surface area contributed by atoms with Crippen LogP contribution in [-0.2, 0) is 12.8 Å². The van der Waals surface area contributed by atoms with Crippen LogP contribution >= 0.6 is 11.3 Å². The van der Waals surface area contributed by atoms with Crippen molar-refractivity contribution in [1.29, 1.82) is 0 Å². The molecular formula is C21H27NO2S. The Hall–Kier alpha value is -1.81. The number of hydrogen-bond acceptors (Lipinski definition) is 4. The summed E-state index contributed by atoms with van der Waals surface area (Å²) in [6.45, 7) is 6.10. The molecule has 0 N–H and O–H groups in total. The predicted octanol–water partition coefficient (Wildman–Crippen LogP) is 5.26. The first-order valence-corrected chi connectivity index (χ1v) is 9.82. The maximum absolute atomic E-state index is 5.55. The number of methoxy groups -OCH3 is 2. The number of aliphatic imine (C=N–C) groups is 1. The molecule has 4 heteroatoms. The van der Waals surface area contributed by atoms with Gasteiger partial charge in [0.15, 0.2) is 11.5 Å². The van der Waals surface area contributed by atoms with E-state index in [9.17, 15) is 0 Å². The average Bonchev–Trinajstić information content (AvgIpc) is 3.12. The highest BCUT2D eigenvalue weighted by Gasteiger charge is 2.32. The van der Waals surface area contributed by atoms with Crippen molar-refractivity contribution in [3.8, 4) is 11.5 Å². The summed E-state index contributed by atoms with van der Waals surface area (Å²) in [5.74, 6) is 1.86. The molecule has 0 bridgehead atoms. The molecule has 0 aliphatic heterocycles. The summed E-state index contributed by atoms with van der Waals surface area (Å²) in [4.78, 5) is 7.31. The van der Waals surface area contributed by atoms with Gasteiger partial charge in [-0.05, 0) is 67.8 Å². The molecule has 1 aromatic heterocycles. The Morgan fingerprint density at radius 1 is 1.20 bits per heavy atom. The number of aryl methyl sites for hydroxylation is 2. The maximum Gasteiger partial charge on any atom is 0.161 e. The number of unbranched alkanes of at least 4 members (excludes halogenated alkanes) is 1. The van der Waals surface area contributed by atoms with E-state index >= 15 is 0 Å². The van der Waals surface area contributed by atoms with E-state index in [1.807, 2.05) is 11.3 Å². The summed E-state index contributed by atoms with van der Waals surface area (Å²) in [6.07, 6.45) is 5.67. The van der Waals surface area contributed by atoms with Gasteiger partial charge in [-0.25, -0.2) is 0 Å². The fraction of sp³-hybridized carbons (Fsp3) is 0.476. The van der Waals surface area contributed by atoms with Crippen LogP contribution in [0.25, 0.3) is 0 Å². The molecular weight excluding hydrogens is 330 g/mol. The number of nitrogens with zero attached hydrogens (tertiary/aromatic N) is 1. The molecule has 25 heavy (non-hydrogen) atoms. The molecule has 2 atom stereocenters. The van der Waals surface area contributed by atoms with Gasteiger partial charge in [0.2, 0.25) is 0 Å². The van der Waals surface area contributed by atoms with E-state index in [0.29, 0.717) is 0 Å². The Balaban J connectivity index is 2.02. The van der Waals surface area contributed by atoms with Gasteiger partial charge in [0.05, 0.1) is 20.3 Å². The smallest absolute Gasteiger partial charge is 0.161 e. The van der Waals surface area contributed by atoms with Gasteiger partial charge in [-0.3, -0.25) is 4.99 Å². The van der Waals surface area contributed by atoms with Gasteiger partial charge in [0.25, 0.3) is 0 Å². The highest BCUT2D eigenvalue weighted by molar-refractivity contribution is 7.12. The van der Waals surface area contributed by atoms with Crippen molar-refractivity contribution in [3.05, 3.63) is 45.1 Å². The third kappa shape index (κ3) is 3.59. The van der Waals surface area contributed by atoms with E-state index in [1.54, 1.807) is 14.2 Å². The second-order valence-electron chi connectivity index (χ2n) is 6.58. The van der Waals surface area contributed by atoms with Crippen LogP contribution in [0.15, 0.2) is 29.3 Å². The van der Waals surface area contributed by atoms with Gasteiger partial charge in [-0.2, -0.15) is 0 Å². The predicted molar refractivity (Wildman–Crippen MR) is 106 cm³/mol. The number of thiophene rings is 1. The Kier molecular flexibility index (Phi) is 5.79. The zero-order valence-electron chi connectivity index (χ0n) is 15.4. The highest BCUT2D eigenvalue weighted by atomic mass is 32.1. The standard InChI is InChI=1S/C21H27NO2S/c1-5-6-7-15-9-11-20(25-15)21-16-13-19(24-4)18(23-3)12-14(16)8-10-17(21)22-2/h9,11-13,17,21H,2,5-8,10H2,1,3-4H3/t17-,21-/m0/s1. The van der Waals surface area contributed by atoms with Gasteiger partial charge in [-0.15, -0.1) is 11.3 Å². The lowest BCUT2D eigenvalue weighted by molar-refractivity contribution is 0.352. The molecule has 1 aromatic carbocycles. The molecule has 0 spiro atoms. The molecule has 0 fully saturated rings. The average molecular weight is 358 g/mol. The largest absolute Gasteiger partial charge is 0.493 e. The molecule has 2 aromatic rings. The van der Waals surface area contributed by atoms with Crippen LogP contribution in [0.2, 0.25) is 0 Å². The number of benzene rings is 1. The molecule has 0 radical (unpaired) electrons. The third-order valence-corrected chi connectivity index (χ3v) is 6.30. The van der Waals surface area contributed by atoms with Gasteiger partial charge >= 0.3 is 0 Å². The van der Waals surface area contributed by atoms with Gasteiger partial charge in [0.1, 0.15) is 0 Å². The van der Waals surface area contributed by atoms with E-state index in [2.05, 4.69) is 42.9 Å². The number of rotatable bonds is 7. The van der Waals surface area contributed by atoms with Crippen molar-refractivity contribution >= 4 is 18.1 Å². The zero-order chi connectivity index (χ0) is 17.8. The van der Waals surface area contributed by atoms with E-state index in [-0.39, 0.29) is 12.0 Å². The van der Waals surface area contributed by atoms with Crippen molar-refractivity contribution < 1.29 is 9.47 Å². The summed E-state index contributed by atoms with van der Waals surface area (Å²) in [6, 6.07) is 9.06. The van der Waals surface area contributed by atoms with E-state index in [1.165, 1.54) is 40.1 Å². The van der Waals surface area contributed by atoms with Gasteiger partial charge in [0, 0.05) is 15.7 Å². The molecule has 0 amide bonds. The van der Waals surface area contributed by atoms with Crippen LogP contribution in [0.4, 0.5) is 0 Å². The molecule has 0 saturated heterocycles. The van der Waals surface area contributed by atoms with Gasteiger partial charge in [-0.1, -0.05) is 13.3 Å². The fourth-order valence-corrected chi connectivity index (χ4v) is 4.94. The SMILES string of the molecule is C=N[C@H]1CCc2cc(OC)c(OC)cc2[C@@H]1c1ccc(CCCC)s1. The second kappa shape index (κ2) is 8.05. The molecule has 0 saturated carbocycles. The first kappa shape index (κ1) is 18.0. The van der Waals surface area contributed by atoms with E-state index < -0.39 is 0 Å². The maximum atomic E-state index is 5.55. The summed E-state index contributed by atoms with van der Waals surface area (Å²) in [7, 11) is 3.39. The summed E-state index contributed by atoms with van der Waals surface area (Å²) >= 11 is 1.93. The van der Waals surface area contributed by atoms with Crippen molar-refractivity contribution in [2.45, 2.75) is 51.0 Å². The normalized spacial score (nSPS) is 19.3. The number of fused-ring (bicyclic) bond motifs is 1. The van der Waals surface area contributed by atoms with Crippen LogP contribution < -0.4 is 9.47 Å². The van der Waals surface area contributed by atoms with Crippen LogP contribution in [0, 0.1) is 0 Å². The molecule has 134 valence electrons. The van der Waals surface area contributed by atoms with E-state index in [4.69, 9.17) is 9.47 Å². The van der Waals surface area contributed by atoms with Crippen LogP contribution in [0.1, 0.15) is 53.0 Å². The molecule has 1 heterocycles. The van der Waals surface area contributed by atoms with Crippen LogP contribution in [-0.4, -0.2) is 27.0 Å². The lowest BCUT2D eigenvalue weighted by Gasteiger charge is -2.31. The number of ether oxygens (including phenoxy) is 2. The minimum atomic E-state index is 0.225. The highest BCUT2D eigenvalue weighted by Crippen LogP contribution is 2.45. The lowest BCUT2D eigenvalue weighted by atomic mass is 9.78. The Morgan fingerprint density at radius 3 is 2.64 bits per heavy atom. The quantitative estimate of drug-likeness (QED) is 0.633. The van der Waals surface area contributed by atoms with Crippen LogP contribution in [0.5, 0.6) is 11.5 Å². The molecule has 0 unspecified atom stereocenters. The lowest BCUT2D eigenvalue weighted by Crippen LogP contribution is -2.24. The Bertz CT molecular complexity index is 737. The first-order valence-electron chi connectivity index (χ1n) is 9.01. The Morgan fingerprint density at radius 2 is 1.96 bits per heavy atom. The van der Waals surface area contributed by atoms with Crippen molar-refractivity contribution in [3.63, 3.8) is 0 Å². The summed E-state index contributed by atoms with van der Waals surface area (Å²) in [5.41, 5.74) is 2.65. The van der Waals surface area contributed by atoms with E-state index in [0.717, 1.165) is 24.3 Å². The first-order chi connectivity index (χ1) is 12.2. The minimum absolute atomic E-state index is 0.225. The molecule has 1 aliphatic rings. The monoisotopic (exact) mass is 357 g/mol. The van der Waals surface area contributed by atoms with Gasteiger partial charge < -0.3 is 9.47 Å². The topological polar surface area (TPSA) is 30.8 Å². The fourth-order valence-electron chi connectivity index (χ4n) is 3.71. The third-order valence-electron chi connectivity index (χ3n) is 5.07. The van der Waals surface area contributed by atoms with Crippen LogP contribution in [0.3, 0.4) is 0 Å². The molecule has 3 rings (SSSR count). The van der Waals surface area contributed by atoms with Crippen molar-refractivity contribution in [1.82, 2.24) is 0 Å². The summed E-state index contributed by atoms with van der Waals surface area (Å²) < 4.78 is 11.0. The second-order valence-corrected chi connectivity index (χ2v) is 7.78. The minimum Gasteiger partial charge on any atom is -0.493 e. The summed E-state index contributed by atoms with van der Waals surface area (Å²) in [5, 5.41) is 0. The number of hydrogen-bond donors (Lipinski definition) is 0. The molecule has 3 nitrogen and oxygen atoms in total. The zero-order valence-corrected chi connectivity index (χ0v) is 16.2.